The molecule has 11 heteroatoms. The van der Waals surface area contributed by atoms with Gasteiger partial charge in [0, 0.05) is 19.8 Å². The summed E-state index contributed by atoms with van der Waals surface area (Å²) in [6.07, 6.45) is 4.61. The molecule has 178 valence electrons. The van der Waals surface area contributed by atoms with Crippen LogP contribution in [0, 0.1) is 18.8 Å². The molecule has 0 unspecified atom stereocenters. The number of carbonyl (C=O) groups excluding carboxylic acids is 4. The van der Waals surface area contributed by atoms with E-state index in [2.05, 4.69) is 5.32 Å². The molecular formula is C22H27N3O7S. The summed E-state index contributed by atoms with van der Waals surface area (Å²) in [7, 11) is -0.900. The molecule has 1 aromatic carbocycles. The van der Waals surface area contributed by atoms with E-state index in [1.807, 2.05) is 12.2 Å². The minimum absolute atomic E-state index is 0.0398. The number of nitrogens with zero attached hydrogens (tertiary/aromatic N) is 2. The molecule has 1 N–H and O–H groups in total. The van der Waals surface area contributed by atoms with Crippen molar-refractivity contribution in [1.82, 2.24) is 9.21 Å². The summed E-state index contributed by atoms with van der Waals surface area (Å²) in [5, 5.41) is 2.49. The third kappa shape index (κ3) is 4.83. The summed E-state index contributed by atoms with van der Waals surface area (Å²) in [4.78, 5) is 50.9. The highest BCUT2D eigenvalue weighted by atomic mass is 32.2. The first-order valence-corrected chi connectivity index (χ1v) is 11.9. The maximum Gasteiger partial charge on any atom is 0.329 e. The largest absolute Gasteiger partial charge is 0.454 e. The molecule has 0 aromatic heterocycles. The Bertz CT molecular complexity index is 1100. The van der Waals surface area contributed by atoms with E-state index in [-0.39, 0.29) is 10.6 Å². The number of carbonyl (C=O) groups is 4. The molecule has 0 radical (unpaired) electrons. The zero-order valence-corrected chi connectivity index (χ0v) is 19.7. The van der Waals surface area contributed by atoms with Crippen LogP contribution in [-0.2, 0) is 33.9 Å². The summed E-state index contributed by atoms with van der Waals surface area (Å²) < 4.78 is 31.0. The van der Waals surface area contributed by atoms with Crippen molar-refractivity contribution in [2.45, 2.75) is 37.6 Å². The van der Waals surface area contributed by atoms with Crippen LogP contribution in [0.15, 0.2) is 35.2 Å². The molecule has 0 spiro atoms. The molecule has 1 heterocycles. The monoisotopic (exact) mass is 477 g/mol. The number of sulfonamides is 1. The van der Waals surface area contributed by atoms with E-state index in [4.69, 9.17) is 4.74 Å². The highest BCUT2D eigenvalue weighted by molar-refractivity contribution is 7.89. The Morgan fingerprint density at radius 3 is 2.27 bits per heavy atom. The second kappa shape index (κ2) is 9.44. The van der Waals surface area contributed by atoms with E-state index in [0.29, 0.717) is 18.4 Å². The Kier molecular flexibility index (Phi) is 7.03. The van der Waals surface area contributed by atoms with Gasteiger partial charge in [-0.1, -0.05) is 18.2 Å². The number of hydrogen-bond acceptors (Lipinski definition) is 7. The molecule has 1 saturated heterocycles. The predicted octanol–water partition coefficient (Wildman–Crippen LogP) is 1.07. The van der Waals surface area contributed by atoms with Crippen molar-refractivity contribution < 1.29 is 32.3 Å². The maximum absolute atomic E-state index is 12.6. The highest BCUT2D eigenvalue weighted by Crippen LogP contribution is 2.36. The number of ether oxygens (including phenoxy) is 1. The number of imide groups is 1. The van der Waals surface area contributed by atoms with Gasteiger partial charge in [0.05, 0.1) is 16.7 Å². The molecular weight excluding hydrogens is 450 g/mol. The Labute approximate surface area is 192 Å². The number of amides is 3. The smallest absolute Gasteiger partial charge is 0.329 e. The first kappa shape index (κ1) is 24.6. The molecule has 3 rings (SSSR count). The van der Waals surface area contributed by atoms with E-state index in [1.54, 1.807) is 13.0 Å². The number of fused-ring (bicyclic) bond motifs is 1. The topological polar surface area (TPSA) is 130 Å². The van der Waals surface area contributed by atoms with Gasteiger partial charge in [0.25, 0.3) is 5.91 Å². The van der Waals surface area contributed by atoms with E-state index in [0.717, 1.165) is 9.21 Å². The van der Waals surface area contributed by atoms with E-state index in [9.17, 15) is 27.6 Å². The van der Waals surface area contributed by atoms with Gasteiger partial charge < -0.3 is 10.1 Å². The lowest BCUT2D eigenvalue weighted by atomic mass is 9.85. The van der Waals surface area contributed by atoms with Gasteiger partial charge in [0.2, 0.25) is 21.8 Å². The maximum atomic E-state index is 12.6. The molecule has 10 nitrogen and oxygen atoms in total. The first-order valence-electron chi connectivity index (χ1n) is 10.5. The van der Waals surface area contributed by atoms with Crippen LogP contribution in [0.25, 0.3) is 0 Å². The summed E-state index contributed by atoms with van der Waals surface area (Å²) in [5.41, 5.74) is 0.731. The van der Waals surface area contributed by atoms with Crippen LogP contribution in [0.4, 0.5) is 5.69 Å². The van der Waals surface area contributed by atoms with Gasteiger partial charge in [-0.3, -0.25) is 19.3 Å². The molecule has 0 bridgehead atoms. The van der Waals surface area contributed by atoms with Crippen LogP contribution in [0.2, 0.25) is 0 Å². The summed E-state index contributed by atoms with van der Waals surface area (Å²) in [6, 6.07) is 3.26. The zero-order chi connectivity index (χ0) is 24.5. The van der Waals surface area contributed by atoms with Crippen molar-refractivity contribution in [3.8, 4) is 0 Å². The average Bonchev–Trinajstić information content (AvgIpc) is 3.03. The number of likely N-dealkylation sites (tertiary alicyclic amines) is 1. The minimum Gasteiger partial charge on any atom is -0.454 e. The van der Waals surface area contributed by atoms with Gasteiger partial charge in [-0.05, 0) is 44.4 Å². The highest BCUT2D eigenvalue weighted by Gasteiger charge is 2.50. The van der Waals surface area contributed by atoms with Crippen molar-refractivity contribution in [1.29, 1.82) is 0 Å². The molecule has 1 aliphatic carbocycles. The van der Waals surface area contributed by atoms with Crippen LogP contribution >= 0.6 is 0 Å². The van der Waals surface area contributed by atoms with Crippen molar-refractivity contribution in [2.75, 3.05) is 26.0 Å². The molecule has 3 atom stereocenters. The normalized spacial score (nSPS) is 21.2. The van der Waals surface area contributed by atoms with Crippen molar-refractivity contribution in [3.63, 3.8) is 0 Å². The molecule has 33 heavy (non-hydrogen) atoms. The number of benzene rings is 1. The number of esters is 1. The number of nitrogens with one attached hydrogen (secondary N) is 1. The zero-order valence-electron chi connectivity index (χ0n) is 18.9. The minimum atomic E-state index is -3.71. The lowest BCUT2D eigenvalue weighted by Crippen LogP contribution is -2.45. The quantitative estimate of drug-likeness (QED) is 0.353. The first-order chi connectivity index (χ1) is 15.4. The fraction of sp³-hybridized carbons (Fsp3) is 0.455. The average molecular weight is 478 g/mol. The van der Waals surface area contributed by atoms with Crippen LogP contribution in [0.3, 0.4) is 0 Å². The molecule has 1 aromatic rings. The van der Waals surface area contributed by atoms with Crippen LogP contribution < -0.4 is 5.32 Å². The van der Waals surface area contributed by atoms with Crippen LogP contribution in [0.5, 0.6) is 0 Å². The van der Waals surface area contributed by atoms with Gasteiger partial charge in [0.1, 0.15) is 6.04 Å². The number of rotatable bonds is 7. The lowest BCUT2D eigenvalue weighted by molar-refractivity contribution is -0.159. The third-order valence-corrected chi connectivity index (χ3v) is 7.80. The van der Waals surface area contributed by atoms with Gasteiger partial charge >= 0.3 is 5.97 Å². The van der Waals surface area contributed by atoms with Gasteiger partial charge in [-0.2, -0.15) is 0 Å². The Morgan fingerprint density at radius 2 is 1.73 bits per heavy atom. The predicted molar refractivity (Wildman–Crippen MR) is 118 cm³/mol. The van der Waals surface area contributed by atoms with E-state index >= 15 is 0 Å². The summed E-state index contributed by atoms with van der Waals surface area (Å²) in [5.74, 6) is -3.30. The Hall–Kier alpha value is -3.05. The fourth-order valence-corrected chi connectivity index (χ4v) is 5.06. The van der Waals surface area contributed by atoms with Gasteiger partial charge in [0.15, 0.2) is 6.61 Å². The van der Waals surface area contributed by atoms with Crippen molar-refractivity contribution >= 4 is 39.4 Å². The number of allylic oxidation sites excluding steroid dienone is 2. The molecule has 1 fully saturated rings. The third-order valence-electron chi connectivity index (χ3n) is 5.85. The molecule has 2 aliphatic rings. The number of anilines is 1. The second-order valence-corrected chi connectivity index (χ2v) is 10.4. The fourth-order valence-electron chi connectivity index (χ4n) is 3.92. The number of aryl methyl sites for hydroxylation is 1. The van der Waals surface area contributed by atoms with E-state index in [1.165, 1.54) is 33.2 Å². The van der Waals surface area contributed by atoms with Crippen LogP contribution in [-0.4, -0.2) is 68.1 Å². The van der Waals surface area contributed by atoms with Gasteiger partial charge in [-0.25, -0.2) is 17.5 Å². The van der Waals surface area contributed by atoms with Crippen molar-refractivity contribution in [3.05, 3.63) is 35.9 Å². The summed E-state index contributed by atoms with van der Waals surface area (Å²) >= 11 is 0. The van der Waals surface area contributed by atoms with Gasteiger partial charge in [-0.15, -0.1) is 0 Å². The molecule has 1 aliphatic heterocycles. The molecule has 0 saturated carbocycles. The standard InChI is InChI=1S/C22H27N3O7S/c1-13-9-10-15(11-18(13)33(30,31)24(3)4)23-19(26)12-32-22(29)14(2)25-20(27)16-7-5-6-8-17(16)21(25)28/h5-6,9-11,14,16-17H,7-8,12H2,1-4H3,(H,23,26)/t14-,16-,17-/m0/s1. The van der Waals surface area contributed by atoms with Crippen molar-refractivity contribution in [2.24, 2.45) is 11.8 Å². The Balaban J connectivity index is 1.61. The Morgan fingerprint density at radius 1 is 1.15 bits per heavy atom. The second-order valence-electron chi connectivity index (χ2n) is 8.30. The SMILES string of the molecule is Cc1ccc(NC(=O)COC(=O)[C@H](C)N2C(=O)[C@H]3CC=CC[C@@H]3C2=O)cc1S(=O)(=O)N(C)C. The lowest BCUT2D eigenvalue weighted by Gasteiger charge is -2.21. The van der Waals surface area contributed by atoms with E-state index < -0.39 is 58.2 Å². The van der Waals surface area contributed by atoms with Crippen LogP contribution in [0.1, 0.15) is 25.3 Å². The number of hydrogen-bond donors (Lipinski definition) is 1. The molecule has 3 amide bonds. The summed E-state index contributed by atoms with van der Waals surface area (Å²) in [6.45, 7) is 2.37.